The molecule has 0 fully saturated rings. The molecule has 0 aromatic heterocycles. The van der Waals surface area contributed by atoms with Crippen LogP contribution in [0.25, 0.3) is 0 Å². The van der Waals surface area contributed by atoms with E-state index in [1.54, 1.807) is 24.3 Å². The lowest BCUT2D eigenvalue weighted by Crippen LogP contribution is -2.05. The molecule has 110 valence electrons. The lowest BCUT2D eigenvalue weighted by molar-refractivity contribution is 0.525. The Morgan fingerprint density at radius 1 is 1.00 bits per heavy atom. The van der Waals surface area contributed by atoms with Crippen molar-refractivity contribution < 1.29 is 17.2 Å². The number of hydrogen-bond acceptors (Lipinski definition) is 2. The van der Waals surface area contributed by atoms with Crippen LogP contribution in [0, 0.1) is 18.7 Å². The minimum absolute atomic E-state index is 0.0705. The monoisotopic (exact) mass is 308 g/mol. The van der Waals surface area contributed by atoms with Gasteiger partial charge in [-0.25, -0.2) is 12.8 Å². The van der Waals surface area contributed by atoms with E-state index in [1.807, 2.05) is 0 Å². The van der Waals surface area contributed by atoms with E-state index in [2.05, 4.69) is 6.92 Å². The third kappa shape index (κ3) is 3.88. The molecule has 5 heteroatoms. The third-order valence-electron chi connectivity index (χ3n) is 3.05. The highest BCUT2D eigenvalue weighted by Crippen LogP contribution is 2.19. The molecule has 0 spiro atoms. The Hall–Kier alpha value is -1.75. The number of hydrogen-bond donors (Lipinski definition) is 0. The summed E-state index contributed by atoms with van der Waals surface area (Å²) in [7, 11) is -3.53. The summed E-state index contributed by atoms with van der Waals surface area (Å²) in [5.74, 6) is -0.327. The van der Waals surface area contributed by atoms with Crippen LogP contribution < -0.4 is 0 Å². The van der Waals surface area contributed by atoms with E-state index in [-0.39, 0.29) is 10.6 Å². The molecule has 0 saturated heterocycles. The summed E-state index contributed by atoms with van der Waals surface area (Å²) in [5, 5.41) is 0. The Labute approximate surface area is 123 Å². The Morgan fingerprint density at radius 2 is 1.57 bits per heavy atom. The predicted octanol–water partition coefficient (Wildman–Crippen LogP) is 3.53. The molecule has 0 N–H and O–H groups in total. The molecule has 0 aliphatic heterocycles. The normalized spacial score (nSPS) is 11.8. The summed E-state index contributed by atoms with van der Waals surface area (Å²) in [6.45, 7) is 2.93. The maximum Gasteiger partial charge on any atom is 0.182 e. The fourth-order valence-corrected chi connectivity index (χ4v) is 3.21. The molecule has 0 saturated carbocycles. The molecule has 2 aromatic rings. The van der Waals surface area contributed by atoms with Gasteiger partial charge < -0.3 is 0 Å². The summed E-state index contributed by atoms with van der Waals surface area (Å²) >= 11 is 0. The van der Waals surface area contributed by atoms with Gasteiger partial charge in [0, 0.05) is 5.92 Å². The van der Waals surface area contributed by atoms with E-state index >= 15 is 0 Å². The Bertz CT molecular complexity index is 692. The fraction of sp³-hybridized carbons (Fsp3) is 0.125. The number of rotatable bonds is 5. The van der Waals surface area contributed by atoms with Gasteiger partial charge in [-0.3, -0.25) is 4.39 Å². The first-order valence-corrected chi connectivity index (χ1v) is 7.89. The summed E-state index contributed by atoms with van der Waals surface area (Å²) in [6.07, 6.45) is 0. The smallest absolute Gasteiger partial charge is 0.182 e. The minimum atomic E-state index is -3.53. The molecule has 2 aromatic carbocycles. The second-order valence-corrected chi connectivity index (χ2v) is 6.64. The standard InChI is InChI=1S/C16H14F2O2S/c1-12(10-17)14-4-2-13(3-5-14)11-21(19,20)16-8-6-15(18)7-9-16/h2-9H,1,10-11H2. The first-order valence-electron chi connectivity index (χ1n) is 6.24. The van der Waals surface area contributed by atoms with Crippen LogP contribution in [0.1, 0.15) is 11.1 Å². The van der Waals surface area contributed by atoms with Gasteiger partial charge >= 0.3 is 0 Å². The van der Waals surface area contributed by atoms with Gasteiger partial charge in [-0.1, -0.05) is 24.3 Å². The highest BCUT2D eigenvalue weighted by atomic mass is 32.2. The van der Waals surface area contributed by atoms with Crippen molar-refractivity contribution in [2.24, 2.45) is 0 Å². The first kappa shape index (κ1) is 15.6. The number of halogens is 2. The number of sulfone groups is 1. The summed E-state index contributed by atoms with van der Waals surface area (Å²) in [4.78, 5) is 0.0705. The van der Waals surface area contributed by atoms with Crippen LogP contribution in [0.15, 0.2) is 53.4 Å². The van der Waals surface area contributed by atoms with E-state index in [0.29, 0.717) is 17.0 Å². The maximum absolute atomic E-state index is 12.8. The van der Waals surface area contributed by atoms with E-state index in [1.165, 1.54) is 12.1 Å². The molecule has 0 aliphatic rings. The highest BCUT2D eigenvalue weighted by Gasteiger charge is 2.15. The van der Waals surface area contributed by atoms with Crippen LogP contribution in [0.4, 0.5) is 8.78 Å². The molecule has 2 nitrogen and oxygen atoms in total. The van der Waals surface area contributed by atoms with Gasteiger partial charge in [-0.2, -0.15) is 0 Å². The second kappa shape index (κ2) is 6.35. The summed E-state index contributed by atoms with van der Waals surface area (Å²) in [6, 6.07) is 11.2. The van der Waals surface area contributed by atoms with Gasteiger partial charge in [0.1, 0.15) is 12.5 Å². The predicted molar refractivity (Wildman–Crippen MR) is 77.4 cm³/mol. The lowest BCUT2D eigenvalue weighted by atomic mass is 10.0. The number of benzene rings is 2. The fourth-order valence-electron chi connectivity index (χ4n) is 1.86. The van der Waals surface area contributed by atoms with Gasteiger partial charge in [-0.15, -0.1) is 0 Å². The summed E-state index contributed by atoms with van der Waals surface area (Å²) < 4.78 is 49.7. The molecule has 0 bridgehead atoms. The quantitative estimate of drug-likeness (QED) is 0.792. The molecule has 0 heterocycles. The van der Waals surface area contributed by atoms with Gasteiger partial charge in [0.15, 0.2) is 9.84 Å². The van der Waals surface area contributed by atoms with Crippen molar-refractivity contribution in [3.05, 3.63) is 78.3 Å². The van der Waals surface area contributed by atoms with E-state index < -0.39 is 22.3 Å². The molecule has 2 radical (unpaired) electrons. The van der Waals surface area contributed by atoms with Gasteiger partial charge in [0.2, 0.25) is 0 Å². The van der Waals surface area contributed by atoms with Crippen LogP contribution in [-0.4, -0.2) is 15.1 Å². The third-order valence-corrected chi connectivity index (χ3v) is 4.76. The van der Waals surface area contributed by atoms with Gasteiger partial charge in [0.05, 0.1) is 10.6 Å². The maximum atomic E-state index is 12.8. The van der Waals surface area contributed by atoms with E-state index in [4.69, 9.17) is 0 Å². The average Bonchev–Trinajstić information content (AvgIpc) is 2.47. The molecule has 0 unspecified atom stereocenters. The van der Waals surface area contributed by atoms with Crippen molar-refractivity contribution >= 4 is 9.84 Å². The van der Waals surface area contributed by atoms with E-state index in [0.717, 1.165) is 12.1 Å². The molecular formula is C16H14F2O2S. The lowest BCUT2D eigenvalue weighted by Gasteiger charge is -2.08. The number of alkyl halides is 1. The van der Waals surface area contributed by atoms with Crippen LogP contribution in [0.5, 0.6) is 0 Å². The Balaban J connectivity index is 2.19. The van der Waals surface area contributed by atoms with Crippen LogP contribution in [-0.2, 0) is 15.6 Å². The van der Waals surface area contributed by atoms with Crippen LogP contribution in [0.2, 0.25) is 0 Å². The zero-order valence-corrected chi connectivity index (χ0v) is 12.0. The molecule has 21 heavy (non-hydrogen) atoms. The molecule has 0 amide bonds. The van der Waals surface area contributed by atoms with Crippen molar-refractivity contribution in [2.45, 2.75) is 10.6 Å². The second-order valence-electron chi connectivity index (χ2n) is 4.65. The average molecular weight is 308 g/mol. The zero-order chi connectivity index (χ0) is 15.5. The molecule has 0 atom stereocenters. The van der Waals surface area contributed by atoms with Gasteiger partial charge in [-0.05, 0) is 42.3 Å². The largest absolute Gasteiger partial charge is 0.250 e. The Morgan fingerprint density at radius 3 is 2.10 bits per heavy atom. The minimum Gasteiger partial charge on any atom is -0.250 e. The van der Waals surface area contributed by atoms with Crippen molar-refractivity contribution in [1.29, 1.82) is 0 Å². The zero-order valence-electron chi connectivity index (χ0n) is 11.2. The van der Waals surface area contributed by atoms with Gasteiger partial charge in [0.25, 0.3) is 0 Å². The first-order chi connectivity index (χ1) is 9.92. The van der Waals surface area contributed by atoms with Crippen LogP contribution in [0.3, 0.4) is 0 Å². The van der Waals surface area contributed by atoms with Crippen molar-refractivity contribution in [1.82, 2.24) is 0 Å². The van der Waals surface area contributed by atoms with Crippen LogP contribution >= 0.6 is 0 Å². The molecule has 0 aliphatic carbocycles. The summed E-state index contributed by atoms with van der Waals surface area (Å²) in [5.41, 5.74) is 1.22. The SMILES string of the molecule is [CH2][C](CF)c1ccc(CS(=O)(=O)c2ccc(F)cc2)cc1. The molecule has 2 rings (SSSR count). The molecular weight excluding hydrogens is 294 g/mol. The van der Waals surface area contributed by atoms with E-state index in [9.17, 15) is 17.2 Å². The Kier molecular flexibility index (Phi) is 4.73. The van der Waals surface area contributed by atoms with Crippen molar-refractivity contribution in [3.8, 4) is 0 Å². The highest BCUT2D eigenvalue weighted by molar-refractivity contribution is 7.90. The van der Waals surface area contributed by atoms with Crippen molar-refractivity contribution in [2.75, 3.05) is 6.67 Å². The van der Waals surface area contributed by atoms with Crippen molar-refractivity contribution in [3.63, 3.8) is 0 Å². The topological polar surface area (TPSA) is 34.1 Å².